The van der Waals surface area contributed by atoms with E-state index in [1.165, 1.54) is 0 Å². The smallest absolute Gasteiger partial charge is 0.407 e. The van der Waals surface area contributed by atoms with Crippen LogP contribution in [0.4, 0.5) is 4.79 Å². The summed E-state index contributed by atoms with van der Waals surface area (Å²) in [5, 5.41) is 2.50. The van der Waals surface area contributed by atoms with Crippen LogP contribution in [0.5, 0.6) is 0 Å². The average molecular weight is 287 g/mol. The highest BCUT2D eigenvalue weighted by Crippen LogP contribution is 2.29. The van der Waals surface area contributed by atoms with Gasteiger partial charge in [0.15, 0.2) is 0 Å². The molecule has 1 unspecified atom stereocenters. The fourth-order valence-corrected chi connectivity index (χ4v) is 1.83. The molecule has 0 spiro atoms. The van der Waals surface area contributed by atoms with E-state index >= 15 is 0 Å². The first-order valence-corrected chi connectivity index (χ1v) is 7.24. The van der Waals surface area contributed by atoms with E-state index in [-0.39, 0.29) is 36.4 Å². The van der Waals surface area contributed by atoms with Crippen molar-refractivity contribution in [1.82, 2.24) is 5.32 Å². The molecule has 0 aliphatic carbocycles. The van der Waals surface area contributed by atoms with Gasteiger partial charge in [0, 0.05) is 6.54 Å². The Morgan fingerprint density at radius 1 is 1.10 bits per heavy atom. The summed E-state index contributed by atoms with van der Waals surface area (Å²) in [7, 11) is 0. The van der Waals surface area contributed by atoms with Gasteiger partial charge in [0.1, 0.15) is 13.2 Å². The zero-order valence-corrected chi connectivity index (χ0v) is 13.6. The Hall–Kier alpha value is -1.26. The van der Waals surface area contributed by atoms with E-state index in [0.717, 1.165) is 6.42 Å². The van der Waals surface area contributed by atoms with Crippen LogP contribution in [0.1, 0.15) is 48.0 Å². The molecule has 1 amide bonds. The average Bonchev–Trinajstić information content (AvgIpc) is 2.30. The van der Waals surface area contributed by atoms with E-state index < -0.39 is 6.09 Å². The van der Waals surface area contributed by atoms with Crippen LogP contribution >= 0.6 is 0 Å². The van der Waals surface area contributed by atoms with E-state index in [1.54, 1.807) is 6.92 Å². The Labute approximate surface area is 122 Å². The Morgan fingerprint density at radius 2 is 1.65 bits per heavy atom. The van der Waals surface area contributed by atoms with E-state index in [9.17, 15) is 9.59 Å². The first-order chi connectivity index (χ1) is 9.17. The number of rotatable bonds is 7. The largest absolute Gasteiger partial charge is 0.462 e. The van der Waals surface area contributed by atoms with Crippen LogP contribution in [0, 0.1) is 17.3 Å². The van der Waals surface area contributed by atoms with Crippen molar-refractivity contribution in [2.75, 3.05) is 19.8 Å². The summed E-state index contributed by atoms with van der Waals surface area (Å²) >= 11 is 0. The molecule has 5 heteroatoms. The summed E-state index contributed by atoms with van der Waals surface area (Å²) in [4.78, 5) is 23.1. The van der Waals surface area contributed by atoms with Crippen LogP contribution in [0.15, 0.2) is 0 Å². The number of amides is 1. The maximum atomic E-state index is 12.1. The van der Waals surface area contributed by atoms with Crippen LogP contribution in [0.2, 0.25) is 0 Å². The molecule has 5 nitrogen and oxygen atoms in total. The lowest BCUT2D eigenvalue weighted by Gasteiger charge is -2.27. The molecule has 0 fully saturated rings. The molecular formula is C15H29NO4. The molecule has 1 atom stereocenters. The molecule has 0 radical (unpaired) electrons. The van der Waals surface area contributed by atoms with Crippen LogP contribution in [0.25, 0.3) is 0 Å². The quantitative estimate of drug-likeness (QED) is 0.577. The van der Waals surface area contributed by atoms with E-state index in [2.05, 4.69) is 26.1 Å². The van der Waals surface area contributed by atoms with Crippen molar-refractivity contribution in [3.63, 3.8) is 0 Å². The molecule has 0 aliphatic rings. The Balaban J connectivity index is 4.12. The minimum absolute atomic E-state index is 0.0749. The molecule has 0 saturated heterocycles. The van der Waals surface area contributed by atoms with Crippen LogP contribution < -0.4 is 5.32 Å². The number of nitrogens with one attached hydrogen (secondary N) is 1. The lowest BCUT2D eigenvalue weighted by Crippen LogP contribution is -2.29. The molecule has 1 N–H and O–H groups in total. The third-order valence-corrected chi connectivity index (χ3v) is 2.82. The Morgan fingerprint density at radius 3 is 2.10 bits per heavy atom. The maximum absolute atomic E-state index is 12.1. The van der Waals surface area contributed by atoms with Gasteiger partial charge >= 0.3 is 12.1 Å². The number of carbonyl (C=O) groups is 2. The zero-order chi connectivity index (χ0) is 15.8. The summed E-state index contributed by atoms with van der Waals surface area (Å²) in [5.41, 5.74) is 0.0749. The van der Waals surface area contributed by atoms with E-state index in [4.69, 9.17) is 9.47 Å². The summed E-state index contributed by atoms with van der Waals surface area (Å²) in [6, 6.07) is 0. The van der Waals surface area contributed by atoms with Gasteiger partial charge in [-0.05, 0) is 24.7 Å². The molecule has 0 heterocycles. The summed E-state index contributed by atoms with van der Waals surface area (Å²) in [6.45, 7) is 12.9. The molecule has 0 rings (SSSR count). The summed E-state index contributed by atoms with van der Waals surface area (Å²) in [5.74, 6) is -0.111. The second-order valence-corrected chi connectivity index (χ2v) is 6.45. The SMILES string of the molecule is CCNC(=O)OCCOC(=O)C(CC(C)(C)C)C(C)C. The minimum atomic E-state index is -0.487. The Kier molecular flexibility index (Phi) is 8.26. The van der Waals surface area contributed by atoms with Gasteiger partial charge in [-0.2, -0.15) is 0 Å². The topological polar surface area (TPSA) is 64.6 Å². The van der Waals surface area contributed by atoms with Crippen molar-refractivity contribution in [1.29, 1.82) is 0 Å². The van der Waals surface area contributed by atoms with Crippen molar-refractivity contribution in [3.8, 4) is 0 Å². The van der Waals surface area contributed by atoms with Crippen molar-refractivity contribution in [2.24, 2.45) is 17.3 Å². The number of carbonyl (C=O) groups excluding carboxylic acids is 2. The lowest BCUT2D eigenvalue weighted by molar-refractivity contribution is -0.152. The van der Waals surface area contributed by atoms with Gasteiger partial charge in [-0.15, -0.1) is 0 Å². The van der Waals surface area contributed by atoms with Crippen molar-refractivity contribution < 1.29 is 19.1 Å². The zero-order valence-electron chi connectivity index (χ0n) is 13.6. The summed E-state index contributed by atoms with van der Waals surface area (Å²) in [6.07, 6.45) is 0.291. The molecule has 0 bridgehead atoms. The van der Waals surface area contributed by atoms with Crippen LogP contribution in [0.3, 0.4) is 0 Å². The highest BCUT2D eigenvalue weighted by Gasteiger charge is 2.28. The first kappa shape index (κ1) is 18.7. The minimum Gasteiger partial charge on any atom is -0.462 e. The highest BCUT2D eigenvalue weighted by atomic mass is 16.6. The third-order valence-electron chi connectivity index (χ3n) is 2.82. The van der Waals surface area contributed by atoms with Crippen molar-refractivity contribution >= 4 is 12.1 Å². The number of hydrogen-bond acceptors (Lipinski definition) is 4. The normalized spacial score (nSPS) is 12.9. The Bertz CT molecular complexity index is 307. The molecule has 0 aliphatic heterocycles. The maximum Gasteiger partial charge on any atom is 0.407 e. The molecule has 20 heavy (non-hydrogen) atoms. The van der Waals surface area contributed by atoms with Gasteiger partial charge in [-0.25, -0.2) is 4.79 Å². The van der Waals surface area contributed by atoms with Gasteiger partial charge in [0.05, 0.1) is 5.92 Å². The monoisotopic (exact) mass is 287 g/mol. The number of hydrogen-bond donors (Lipinski definition) is 1. The summed E-state index contributed by atoms with van der Waals surface area (Å²) < 4.78 is 10.0. The molecule has 0 aromatic heterocycles. The van der Waals surface area contributed by atoms with E-state index in [0.29, 0.717) is 6.54 Å². The fraction of sp³-hybridized carbons (Fsp3) is 0.867. The van der Waals surface area contributed by atoms with Crippen LogP contribution in [-0.2, 0) is 14.3 Å². The van der Waals surface area contributed by atoms with Crippen molar-refractivity contribution in [2.45, 2.75) is 48.0 Å². The van der Waals surface area contributed by atoms with E-state index in [1.807, 2.05) is 13.8 Å². The second-order valence-electron chi connectivity index (χ2n) is 6.45. The molecule has 118 valence electrons. The third kappa shape index (κ3) is 8.77. The number of ether oxygens (including phenoxy) is 2. The first-order valence-electron chi connectivity index (χ1n) is 7.24. The molecule has 0 aromatic carbocycles. The van der Waals surface area contributed by atoms with Crippen LogP contribution in [-0.4, -0.2) is 31.8 Å². The van der Waals surface area contributed by atoms with Crippen molar-refractivity contribution in [3.05, 3.63) is 0 Å². The molecular weight excluding hydrogens is 258 g/mol. The lowest BCUT2D eigenvalue weighted by atomic mass is 9.80. The predicted molar refractivity (Wildman–Crippen MR) is 78.4 cm³/mol. The van der Waals surface area contributed by atoms with Gasteiger partial charge in [0.2, 0.25) is 0 Å². The van der Waals surface area contributed by atoms with Gasteiger partial charge in [-0.3, -0.25) is 4.79 Å². The molecule has 0 saturated carbocycles. The van der Waals surface area contributed by atoms with Gasteiger partial charge in [-0.1, -0.05) is 34.6 Å². The van der Waals surface area contributed by atoms with Gasteiger partial charge in [0.25, 0.3) is 0 Å². The number of esters is 1. The van der Waals surface area contributed by atoms with Gasteiger partial charge < -0.3 is 14.8 Å². The fourth-order valence-electron chi connectivity index (χ4n) is 1.83. The second kappa shape index (κ2) is 8.82. The highest BCUT2D eigenvalue weighted by molar-refractivity contribution is 5.72. The standard InChI is InChI=1S/C15H29NO4/c1-7-16-14(18)20-9-8-19-13(17)12(11(2)3)10-15(4,5)6/h11-12H,7-10H2,1-6H3,(H,16,18). The number of alkyl carbamates (subject to hydrolysis) is 1. The predicted octanol–water partition coefficient (Wildman–Crippen LogP) is 2.98. The molecule has 0 aromatic rings.